The van der Waals surface area contributed by atoms with Crippen LogP contribution in [0.4, 0.5) is 0 Å². The van der Waals surface area contributed by atoms with Crippen molar-refractivity contribution in [1.29, 1.82) is 0 Å². The highest BCUT2D eigenvalue weighted by atomic mass is 79.9. The van der Waals surface area contributed by atoms with E-state index in [1.165, 1.54) is 4.90 Å². The summed E-state index contributed by atoms with van der Waals surface area (Å²) in [6.07, 6.45) is -4.60. The van der Waals surface area contributed by atoms with Crippen LogP contribution in [0, 0.1) is 0 Å². The number of ether oxygens (including phenoxy) is 1. The summed E-state index contributed by atoms with van der Waals surface area (Å²) >= 11 is 3.16. The van der Waals surface area contributed by atoms with E-state index >= 15 is 0 Å². The smallest absolute Gasteiger partial charge is 0.281 e. The summed E-state index contributed by atoms with van der Waals surface area (Å²) in [4.78, 5) is 24.6. The molecule has 10 nitrogen and oxygen atoms in total. The van der Waals surface area contributed by atoms with Crippen molar-refractivity contribution >= 4 is 38.4 Å². The number of amidine groups is 2. The average molecular weight is 362 g/mol. The Labute approximate surface area is 126 Å². The number of aliphatic hydroxyl groups is 3. The number of hydrogen-bond donors (Lipinski definition) is 4. The van der Waals surface area contributed by atoms with E-state index in [1.54, 1.807) is 0 Å². The molecule has 3 heterocycles. The van der Waals surface area contributed by atoms with Crippen LogP contribution >= 0.6 is 15.9 Å². The van der Waals surface area contributed by atoms with E-state index < -0.39 is 43.1 Å². The van der Waals surface area contributed by atoms with Gasteiger partial charge in [0.05, 0.1) is 6.61 Å². The first-order chi connectivity index (χ1) is 9.93. The topological polar surface area (TPSA) is 153 Å². The van der Waals surface area contributed by atoms with Gasteiger partial charge in [0.25, 0.3) is 5.91 Å². The number of aliphatic hydroxyl groups excluding tert-OH is 3. The molecule has 0 radical (unpaired) electrons. The second-order valence-electron chi connectivity index (χ2n) is 4.68. The van der Waals surface area contributed by atoms with E-state index in [0.717, 1.165) is 0 Å². The lowest BCUT2D eigenvalue weighted by molar-refractivity contribution is -0.117. The van der Waals surface area contributed by atoms with E-state index in [0.29, 0.717) is 0 Å². The van der Waals surface area contributed by atoms with Crippen molar-refractivity contribution in [3.05, 3.63) is 0 Å². The van der Waals surface area contributed by atoms with Gasteiger partial charge in [0.2, 0.25) is 5.96 Å². The molecule has 0 aliphatic carbocycles. The number of guanidine groups is 1. The molecule has 11 heteroatoms. The molecule has 3 aliphatic rings. The Kier molecular flexibility index (Phi) is 3.53. The number of nitrogens with two attached hydrogens (primary N) is 1. The second kappa shape index (κ2) is 5.10. The van der Waals surface area contributed by atoms with Crippen LogP contribution in [0.25, 0.3) is 0 Å². The number of nitrogens with zero attached hydrogens (tertiary/aromatic N) is 4. The first-order valence-electron chi connectivity index (χ1n) is 6.05. The van der Waals surface area contributed by atoms with Crippen molar-refractivity contribution in [3.63, 3.8) is 0 Å². The van der Waals surface area contributed by atoms with Crippen molar-refractivity contribution in [3.8, 4) is 0 Å². The van der Waals surface area contributed by atoms with Gasteiger partial charge in [-0.05, 0) is 15.9 Å². The van der Waals surface area contributed by atoms with Gasteiger partial charge in [-0.25, -0.2) is 4.99 Å². The van der Waals surface area contributed by atoms with E-state index in [4.69, 9.17) is 15.6 Å². The predicted octanol–water partition coefficient (Wildman–Crippen LogP) is -2.89. The summed E-state index contributed by atoms with van der Waals surface area (Å²) in [6.45, 7) is -0.463. The predicted molar refractivity (Wildman–Crippen MR) is 73.8 cm³/mol. The molecule has 21 heavy (non-hydrogen) atoms. The summed E-state index contributed by atoms with van der Waals surface area (Å²) in [5, 5.41) is 29.0. The number of fused-ring (bicyclic) bond motifs is 1. The first kappa shape index (κ1) is 14.5. The van der Waals surface area contributed by atoms with Crippen LogP contribution in [0.1, 0.15) is 0 Å². The lowest BCUT2D eigenvalue weighted by Crippen LogP contribution is -2.50. The molecule has 3 aliphatic heterocycles. The highest BCUT2D eigenvalue weighted by molar-refractivity contribution is 9.18. The number of halogens is 1. The zero-order chi connectivity index (χ0) is 15.3. The number of rotatable bonds is 2. The summed E-state index contributed by atoms with van der Waals surface area (Å²) in [5.41, 5.74) is 5.46. The molecular weight excluding hydrogens is 350 g/mol. The quantitative estimate of drug-likeness (QED) is 0.385. The Bertz CT molecular complexity index is 578. The van der Waals surface area contributed by atoms with E-state index in [1.807, 2.05) is 0 Å². The summed E-state index contributed by atoms with van der Waals surface area (Å²) in [7, 11) is 0. The fourth-order valence-electron chi connectivity index (χ4n) is 2.38. The number of hydrogen-bond acceptors (Lipinski definition) is 9. The van der Waals surface area contributed by atoms with Gasteiger partial charge in [0.15, 0.2) is 22.9 Å². The number of carbonyl (C=O) groups is 1. The van der Waals surface area contributed by atoms with E-state index in [-0.39, 0.29) is 16.5 Å². The van der Waals surface area contributed by atoms with Gasteiger partial charge >= 0.3 is 0 Å². The van der Waals surface area contributed by atoms with Gasteiger partial charge in [-0.2, -0.15) is 9.98 Å². The van der Waals surface area contributed by atoms with Crippen molar-refractivity contribution in [2.75, 3.05) is 6.61 Å². The molecule has 3 rings (SSSR count). The molecule has 1 amide bonds. The van der Waals surface area contributed by atoms with E-state index in [9.17, 15) is 15.0 Å². The standard InChI is InChI=1S/C10H12BrN5O5/c11-9-13-3-6(14-10(12)15-7(3)20)16(9)8-5(19)4(18)2(1-17)21-8/h2-5,8,17-19H,1H2,(H2,12,15,20)/t2-,3-,4+,5+,8-/m1/s1. The van der Waals surface area contributed by atoms with Crippen molar-refractivity contribution < 1.29 is 24.9 Å². The van der Waals surface area contributed by atoms with Gasteiger partial charge in [-0.1, -0.05) is 0 Å². The molecule has 114 valence electrons. The van der Waals surface area contributed by atoms with Gasteiger partial charge in [-0.15, -0.1) is 0 Å². The molecule has 0 aromatic rings. The molecule has 1 saturated heterocycles. The highest BCUT2D eigenvalue weighted by Crippen LogP contribution is 2.30. The Morgan fingerprint density at radius 2 is 2.05 bits per heavy atom. The highest BCUT2D eigenvalue weighted by Gasteiger charge is 2.51. The Morgan fingerprint density at radius 3 is 2.67 bits per heavy atom. The lowest BCUT2D eigenvalue weighted by Gasteiger charge is -2.28. The minimum atomic E-state index is -1.32. The van der Waals surface area contributed by atoms with Gasteiger partial charge in [-0.3, -0.25) is 9.69 Å². The van der Waals surface area contributed by atoms with Crippen molar-refractivity contribution in [2.45, 2.75) is 30.6 Å². The average Bonchev–Trinajstić information content (AvgIpc) is 2.89. The SMILES string of the molecule is NC1=NC(=O)[C@@H]2N=C(Br)N([C@@H]3O[C@H](CO)[C@H](O)[C@@H]3O)C2=N1. The zero-order valence-electron chi connectivity index (χ0n) is 10.5. The van der Waals surface area contributed by atoms with Crippen LogP contribution in [0.5, 0.6) is 0 Å². The molecule has 0 saturated carbocycles. The Hall–Kier alpha value is -1.40. The second-order valence-corrected chi connectivity index (χ2v) is 5.39. The molecular formula is C10H12BrN5O5. The molecule has 5 N–H and O–H groups in total. The van der Waals surface area contributed by atoms with Crippen LogP contribution in [0.15, 0.2) is 15.0 Å². The van der Waals surface area contributed by atoms with Crippen molar-refractivity contribution in [2.24, 2.45) is 20.7 Å². The van der Waals surface area contributed by atoms with Crippen LogP contribution < -0.4 is 5.73 Å². The van der Waals surface area contributed by atoms with Crippen LogP contribution in [0.2, 0.25) is 0 Å². The first-order valence-corrected chi connectivity index (χ1v) is 6.85. The molecule has 5 atom stereocenters. The Morgan fingerprint density at radius 1 is 1.33 bits per heavy atom. The largest absolute Gasteiger partial charge is 0.394 e. The number of aliphatic imine (C=N–C) groups is 3. The van der Waals surface area contributed by atoms with Gasteiger partial charge in [0, 0.05) is 0 Å². The third-order valence-corrected chi connectivity index (χ3v) is 3.97. The maximum Gasteiger partial charge on any atom is 0.281 e. The number of amides is 1. The van der Waals surface area contributed by atoms with Gasteiger partial charge in [0.1, 0.15) is 18.3 Å². The third kappa shape index (κ3) is 2.17. The summed E-state index contributed by atoms with van der Waals surface area (Å²) in [6, 6.07) is -0.965. The summed E-state index contributed by atoms with van der Waals surface area (Å²) in [5.74, 6) is -0.654. The fraction of sp³-hybridized carbons (Fsp3) is 0.600. The van der Waals surface area contributed by atoms with Crippen LogP contribution in [-0.2, 0) is 9.53 Å². The van der Waals surface area contributed by atoms with Crippen LogP contribution in [-0.4, -0.2) is 79.9 Å². The lowest BCUT2D eigenvalue weighted by atomic mass is 10.1. The molecule has 1 fully saturated rings. The number of carbonyl (C=O) groups excluding carboxylic acids is 1. The van der Waals surface area contributed by atoms with Gasteiger partial charge < -0.3 is 25.8 Å². The Balaban J connectivity index is 1.94. The summed E-state index contributed by atoms with van der Waals surface area (Å²) < 4.78 is 5.60. The molecule has 0 spiro atoms. The zero-order valence-corrected chi connectivity index (χ0v) is 12.1. The molecule has 0 aromatic heterocycles. The maximum atomic E-state index is 11.8. The van der Waals surface area contributed by atoms with Crippen LogP contribution in [0.3, 0.4) is 0 Å². The minimum Gasteiger partial charge on any atom is -0.394 e. The molecule has 0 bridgehead atoms. The molecule has 0 unspecified atom stereocenters. The fourth-order valence-corrected chi connectivity index (χ4v) is 2.97. The van der Waals surface area contributed by atoms with E-state index in [2.05, 4.69) is 30.9 Å². The monoisotopic (exact) mass is 361 g/mol. The maximum absolute atomic E-state index is 11.8. The van der Waals surface area contributed by atoms with Crippen molar-refractivity contribution in [1.82, 2.24) is 4.90 Å². The molecule has 0 aromatic carbocycles. The minimum absolute atomic E-state index is 0.147. The third-order valence-electron chi connectivity index (χ3n) is 3.39. The normalized spacial score (nSPS) is 39.0.